The molecule has 2 N–H and O–H groups in total. The van der Waals surface area contributed by atoms with Crippen LogP contribution >= 0.6 is 0 Å². The largest absolute Gasteiger partial charge is 0.318 e. The summed E-state index contributed by atoms with van der Waals surface area (Å²) in [6.45, 7) is 2.22. The van der Waals surface area contributed by atoms with E-state index in [4.69, 9.17) is 5.73 Å². The lowest BCUT2D eigenvalue weighted by atomic mass is 9.66. The zero-order valence-corrected chi connectivity index (χ0v) is 15.0. The van der Waals surface area contributed by atoms with Gasteiger partial charge in [-0.3, -0.25) is 0 Å². The molecule has 1 heteroatoms. The summed E-state index contributed by atoms with van der Waals surface area (Å²) in [5.74, 6) is 0.557. The molecule has 0 heterocycles. The predicted octanol–water partition coefficient (Wildman–Crippen LogP) is 5.82. The van der Waals surface area contributed by atoms with Crippen LogP contribution in [0.4, 0.5) is 0 Å². The molecule has 1 nitrogen and oxygen atoms in total. The van der Waals surface area contributed by atoms with E-state index in [9.17, 15) is 0 Å². The monoisotopic (exact) mass is 321 g/mol. The molecule has 1 unspecified atom stereocenters. The van der Waals surface area contributed by atoms with Gasteiger partial charge in [-0.05, 0) is 54.7 Å². The first-order valence-electron chi connectivity index (χ1n) is 9.66. The maximum absolute atomic E-state index is 7.29. The van der Waals surface area contributed by atoms with Crippen LogP contribution in [0.2, 0.25) is 0 Å². The van der Waals surface area contributed by atoms with Crippen molar-refractivity contribution in [1.82, 2.24) is 0 Å². The van der Waals surface area contributed by atoms with Gasteiger partial charge in [-0.25, -0.2) is 0 Å². The van der Waals surface area contributed by atoms with Gasteiger partial charge in [0.05, 0.1) is 5.54 Å². The Balaban J connectivity index is 2.05. The van der Waals surface area contributed by atoms with Crippen molar-refractivity contribution in [1.29, 1.82) is 0 Å². The van der Waals surface area contributed by atoms with Crippen molar-refractivity contribution >= 4 is 0 Å². The molecule has 0 aromatic heterocycles. The summed E-state index contributed by atoms with van der Waals surface area (Å²) < 4.78 is 0. The SMILES string of the molecule is CCc1cccc(C(N)(C2=CC=CC=CCC2)C2CCCCC2)c1. The summed E-state index contributed by atoms with van der Waals surface area (Å²) in [6, 6.07) is 9.03. The van der Waals surface area contributed by atoms with Gasteiger partial charge < -0.3 is 5.73 Å². The van der Waals surface area contributed by atoms with Crippen molar-refractivity contribution in [2.75, 3.05) is 0 Å². The highest BCUT2D eigenvalue weighted by Crippen LogP contribution is 2.44. The zero-order valence-electron chi connectivity index (χ0n) is 15.0. The van der Waals surface area contributed by atoms with Gasteiger partial charge in [-0.15, -0.1) is 0 Å². The van der Waals surface area contributed by atoms with Crippen LogP contribution in [0.5, 0.6) is 0 Å². The molecule has 1 atom stereocenters. The molecule has 1 aromatic rings. The highest BCUT2D eigenvalue weighted by Gasteiger charge is 2.39. The van der Waals surface area contributed by atoms with E-state index in [0.717, 1.165) is 19.3 Å². The van der Waals surface area contributed by atoms with Crippen LogP contribution in [0.25, 0.3) is 0 Å². The van der Waals surface area contributed by atoms with Crippen LogP contribution in [0.3, 0.4) is 0 Å². The second-order valence-corrected chi connectivity index (χ2v) is 7.30. The Labute approximate surface area is 147 Å². The first kappa shape index (κ1) is 17.2. The number of hydrogen-bond donors (Lipinski definition) is 1. The van der Waals surface area contributed by atoms with E-state index in [1.54, 1.807) is 0 Å². The van der Waals surface area contributed by atoms with Gasteiger partial charge in [0.1, 0.15) is 0 Å². The van der Waals surface area contributed by atoms with Gasteiger partial charge in [0.2, 0.25) is 0 Å². The Morgan fingerprint density at radius 1 is 1.08 bits per heavy atom. The highest BCUT2D eigenvalue weighted by molar-refractivity contribution is 5.41. The normalized spacial score (nSPS) is 21.7. The van der Waals surface area contributed by atoms with E-state index < -0.39 is 0 Å². The average Bonchev–Trinajstić information content (AvgIpc) is 2.61. The quantitative estimate of drug-likeness (QED) is 0.743. The van der Waals surface area contributed by atoms with Crippen molar-refractivity contribution in [3.8, 4) is 0 Å². The smallest absolute Gasteiger partial charge is 0.0656 e. The molecule has 2 aliphatic carbocycles. The third-order valence-corrected chi connectivity index (χ3v) is 5.83. The number of allylic oxidation sites excluding steroid dienone is 5. The minimum absolute atomic E-state index is 0.318. The Kier molecular flexibility index (Phi) is 5.73. The molecular weight excluding hydrogens is 290 g/mol. The molecule has 0 radical (unpaired) electrons. The third-order valence-electron chi connectivity index (χ3n) is 5.83. The van der Waals surface area contributed by atoms with Crippen molar-refractivity contribution in [3.05, 3.63) is 71.3 Å². The van der Waals surface area contributed by atoms with Crippen LogP contribution in [-0.4, -0.2) is 0 Å². The van der Waals surface area contributed by atoms with Crippen LogP contribution in [0.15, 0.2) is 60.2 Å². The standard InChI is InChI=1S/C23H31N/c1-2-19-12-11-17-22(18-19)23(24,21-15-9-6-10-16-21)20-13-7-4-3-5-8-14-20/h3-5,7,11-13,17-18,21H,2,6,8-10,14-16,24H2,1H3. The molecule has 0 amide bonds. The Bertz CT molecular complexity index is 631. The van der Waals surface area contributed by atoms with Crippen LogP contribution in [0, 0.1) is 5.92 Å². The lowest BCUT2D eigenvalue weighted by Crippen LogP contribution is -2.47. The van der Waals surface area contributed by atoms with E-state index in [1.165, 1.54) is 48.8 Å². The number of rotatable bonds is 4. The van der Waals surface area contributed by atoms with E-state index in [0.29, 0.717) is 5.92 Å². The number of aryl methyl sites for hydroxylation is 1. The molecule has 1 fully saturated rings. The van der Waals surface area contributed by atoms with Crippen LogP contribution in [-0.2, 0) is 12.0 Å². The van der Waals surface area contributed by atoms with Gasteiger partial charge >= 0.3 is 0 Å². The molecule has 128 valence electrons. The molecular formula is C23H31N. The maximum Gasteiger partial charge on any atom is 0.0656 e. The Morgan fingerprint density at radius 2 is 1.92 bits per heavy atom. The summed E-state index contributed by atoms with van der Waals surface area (Å²) in [4.78, 5) is 0. The minimum atomic E-state index is -0.318. The molecule has 2 aliphatic rings. The van der Waals surface area contributed by atoms with Crippen molar-refractivity contribution in [2.24, 2.45) is 11.7 Å². The molecule has 0 bridgehead atoms. The summed E-state index contributed by atoms with van der Waals surface area (Å²) in [7, 11) is 0. The van der Waals surface area contributed by atoms with Crippen LogP contribution in [0.1, 0.15) is 63.0 Å². The van der Waals surface area contributed by atoms with E-state index in [-0.39, 0.29) is 5.54 Å². The summed E-state index contributed by atoms with van der Waals surface area (Å²) in [5, 5.41) is 0. The molecule has 1 aromatic carbocycles. The van der Waals surface area contributed by atoms with Gasteiger partial charge in [0, 0.05) is 0 Å². The van der Waals surface area contributed by atoms with Crippen molar-refractivity contribution < 1.29 is 0 Å². The van der Waals surface area contributed by atoms with E-state index in [2.05, 4.69) is 61.6 Å². The average molecular weight is 322 g/mol. The zero-order chi connectivity index (χ0) is 16.8. The Hall–Kier alpha value is -1.60. The second kappa shape index (κ2) is 7.98. The van der Waals surface area contributed by atoms with Gasteiger partial charge in [0.15, 0.2) is 0 Å². The molecule has 0 spiro atoms. The van der Waals surface area contributed by atoms with E-state index in [1.807, 2.05) is 0 Å². The lowest BCUT2D eigenvalue weighted by molar-refractivity contribution is 0.235. The molecule has 24 heavy (non-hydrogen) atoms. The molecule has 3 rings (SSSR count). The van der Waals surface area contributed by atoms with Gasteiger partial charge in [-0.2, -0.15) is 0 Å². The third kappa shape index (κ3) is 3.57. The summed E-state index contributed by atoms with van der Waals surface area (Å²) in [6.07, 6.45) is 20.7. The first-order valence-corrected chi connectivity index (χ1v) is 9.66. The topological polar surface area (TPSA) is 26.0 Å². The fraction of sp³-hybridized carbons (Fsp3) is 0.478. The number of hydrogen-bond acceptors (Lipinski definition) is 1. The van der Waals surface area contributed by atoms with E-state index >= 15 is 0 Å². The lowest BCUT2D eigenvalue weighted by Gasteiger charge is -2.42. The van der Waals surface area contributed by atoms with Crippen LogP contribution < -0.4 is 5.73 Å². The molecule has 0 saturated heterocycles. The second-order valence-electron chi connectivity index (χ2n) is 7.30. The highest BCUT2D eigenvalue weighted by atomic mass is 14.8. The molecule has 0 aliphatic heterocycles. The molecule has 1 saturated carbocycles. The number of nitrogens with two attached hydrogens (primary N) is 1. The fourth-order valence-corrected chi connectivity index (χ4v) is 4.37. The summed E-state index contributed by atoms with van der Waals surface area (Å²) in [5.41, 5.74) is 11.1. The fourth-order valence-electron chi connectivity index (χ4n) is 4.37. The summed E-state index contributed by atoms with van der Waals surface area (Å²) >= 11 is 0. The van der Waals surface area contributed by atoms with Crippen molar-refractivity contribution in [2.45, 2.75) is 63.8 Å². The van der Waals surface area contributed by atoms with Gasteiger partial charge in [0.25, 0.3) is 0 Å². The van der Waals surface area contributed by atoms with Crippen molar-refractivity contribution in [3.63, 3.8) is 0 Å². The Morgan fingerprint density at radius 3 is 2.71 bits per heavy atom. The van der Waals surface area contributed by atoms with Gasteiger partial charge in [-0.1, -0.05) is 80.8 Å². The maximum atomic E-state index is 7.29. The predicted molar refractivity (Wildman–Crippen MR) is 104 cm³/mol. The number of benzene rings is 1. The minimum Gasteiger partial charge on any atom is -0.318 e. The first-order chi connectivity index (χ1) is 11.7.